The fraction of sp³-hybridized carbons (Fsp3) is 0.625. The van der Waals surface area contributed by atoms with Crippen LogP contribution in [0.2, 0.25) is 0 Å². The molecule has 0 radical (unpaired) electrons. The van der Waals surface area contributed by atoms with E-state index in [1.807, 2.05) is 0 Å². The van der Waals surface area contributed by atoms with Crippen LogP contribution < -0.4 is 10.1 Å². The van der Waals surface area contributed by atoms with Crippen LogP contribution in [-0.4, -0.2) is 16.6 Å². The molecule has 1 N–H and O–H groups in total. The summed E-state index contributed by atoms with van der Waals surface area (Å²) < 4.78 is 6.04. The molecule has 0 amide bonds. The fourth-order valence-corrected chi connectivity index (χ4v) is 2.48. The standard InChI is InChI=1S/C16H24N2O3/c1-16(2,3)17-11-12-10-13(18(19)20)8-9-15(12)21-14-6-4-5-7-14/h8-10,14,17H,4-7,11H2,1-3H3. The van der Waals surface area contributed by atoms with Crippen molar-refractivity contribution in [1.29, 1.82) is 0 Å². The van der Waals surface area contributed by atoms with Crippen molar-refractivity contribution in [3.05, 3.63) is 33.9 Å². The van der Waals surface area contributed by atoms with Gasteiger partial charge in [0.15, 0.2) is 0 Å². The van der Waals surface area contributed by atoms with Crippen LogP contribution in [0.4, 0.5) is 5.69 Å². The molecule has 0 heterocycles. The Bertz CT molecular complexity index is 503. The molecule has 21 heavy (non-hydrogen) atoms. The molecule has 1 aliphatic rings. The van der Waals surface area contributed by atoms with E-state index in [2.05, 4.69) is 26.1 Å². The van der Waals surface area contributed by atoms with Crippen molar-refractivity contribution in [3.8, 4) is 5.75 Å². The van der Waals surface area contributed by atoms with Crippen molar-refractivity contribution in [2.45, 2.75) is 64.6 Å². The normalized spacial score (nSPS) is 16.1. The van der Waals surface area contributed by atoms with Gasteiger partial charge < -0.3 is 10.1 Å². The highest BCUT2D eigenvalue weighted by atomic mass is 16.6. The summed E-state index contributed by atoms with van der Waals surface area (Å²) in [5, 5.41) is 14.3. The van der Waals surface area contributed by atoms with E-state index < -0.39 is 0 Å². The van der Waals surface area contributed by atoms with Gasteiger partial charge in [0.2, 0.25) is 0 Å². The molecule has 1 fully saturated rings. The molecule has 1 aromatic rings. The van der Waals surface area contributed by atoms with Gasteiger partial charge in [-0.15, -0.1) is 0 Å². The first-order valence-corrected chi connectivity index (χ1v) is 7.54. The van der Waals surface area contributed by atoms with E-state index in [1.54, 1.807) is 12.1 Å². The molecule has 5 nitrogen and oxygen atoms in total. The number of benzene rings is 1. The highest BCUT2D eigenvalue weighted by Gasteiger charge is 2.20. The van der Waals surface area contributed by atoms with Crippen molar-refractivity contribution in [2.75, 3.05) is 0 Å². The number of nitrogens with one attached hydrogen (secondary N) is 1. The Labute approximate surface area is 125 Å². The van der Waals surface area contributed by atoms with Gasteiger partial charge in [0, 0.05) is 29.8 Å². The monoisotopic (exact) mass is 292 g/mol. The molecule has 2 rings (SSSR count). The van der Waals surface area contributed by atoms with Crippen LogP contribution in [-0.2, 0) is 6.54 Å². The van der Waals surface area contributed by atoms with E-state index >= 15 is 0 Å². The summed E-state index contributed by atoms with van der Waals surface area (Å²) in [6.07, 6.45) is 4.80. The maximum Gasteiger partial charge on any atom is 0.270 e. The van der Waals surface area contributed by atoms with Crippen LogP contribution in [0.1, 0.15) is 52.0 Å². The molecule has 1 aromatic carbocycles. The van der Waals surface area contributed by atoms with Gasteiger partial charge in [0.1, 0.15) is 5.75 Å². The van der Waals surface area contributed by atoms with Gasteiger partial charge >= 0.3 is 0 Å². The Morgan fingerprint density at radius 3 is 2.57 bits per heavy atom. The molecule has 1 saturated carbocycles. The molecule has 0 atom stereocenters. The van der Waals surface area contributed by atoms with Crippen molar-refractivity contribution >= 4 is 5.69 Å². The molecular formula is C16H24N2O3. The molecule has 0 spiro atoms. The minimum absolute atomic E-state index is 0.0464. The maximum atomic E-state index is 11.0. The van der Waals surface area contributed by atoms with E-state index in [1.165, 1.54) is 18.9 Å². The number of ether oxygens (including phenoxy) is 1. The van der Waals surface area contributed by atoms with Crippen LogP contribution in [0, 0.1) is 10.1 Å². The molecule has 5 heteroatoms. The van der Waals surface area contributed by atoms with E-state index in [4.69, 9.17) is 4.74 Å². The van der Waals surface area contributed by atoms with Crippen LogP contribution in [0.15, 0.2) is 18.2 Å². The fourth-order valence-electron chi connectivity index (χ4n) is 2.48. The van der Waals surface area contributed by atoms with Crippen LogP contribution in [0.5, 0.6) is 5.75 Å². The summed E-state index contributed by atoms with van der Waals surface area (Å²) in [6.45, 7) is 6.78. The smallest absolute Gasteiger partial charge is 0.270 e. The van der Waals surface area contributed by atoms with Crippen LogP contribution in [0.25, 0.3) is 0 Å². The summed E-state index contributed by atoms with van der Waals surface area (Å²) in [7, 11) is 0. The summed E-state index contributed by atoms with van der Waals surface area (Å²) in [4.78, 5) is 10.6. The zero-order valence-electron chi connectivity index (χ0n) is 13.0. The van der Waals surface area contributed by atoms with E-state index in [-0.39, 0.29) is 22.3 Å². The lowest BCUT2D eigenvalue weighted by Crippen LogP contribution is -2.35. The average molecular weight is 292 g/mol. The minimum atomic E-state index is -0.361. The summed E-state index contributed by atoms with van der Waals surface area (Å²) >= 11 is 0. The highest BCUT2D eigenvalue weighted by molar-refractivity contribution is 5.44. The molecule has 0 aromatic heterocycles. The first kappa shape index (κ1) is 15.8. The SMILES string of the molecule is CC(C)(C)NCc1cc([N+](=O)[O-])ccc1OC1CCCC1. The summed E-state index contributed by atoms with van der Waals surface area (Å²) in [5.41, 5.74) is 0.917. The lowest BCUT2D eigenvalue weighted by molar-refractivity contribution is -0.384. The number of hydrogen-bond acceptors (Lipinski definition) is 4. The highest BCUT2D eigenvalue weighted by Crippen LogP contribution is 2.29. The Hall–Kier alpha value is -1.62. The van der Waals surface area contributed by atoms with Gasteiger partial charge in [-0.25, -0.2) is 0 Å². The third-order valence-corrected chi connectivity index (χ3v) is 3.66. The third kappa shape index (κ3) is 4.70. The molecular weight excluding hydrogens is 268 g/mol. The topological polar surface area (TPSA) is 64.4 Å². The lowest BCUT2D eigenvalue weighted by Gasteiger charge is -2.22. The molecule has 0 bridgehead atoms. The molecule has 116 valence electrons. The van der Waals surface area contributed by atoms with Gasteiger partial charge in [-0.05, 0) is 52.5 Å². The minimum Gasteiger partial charge on any atom is -0.490 e. The number of hydrogen-bond donors (Lipinski definition) is 1. The summed E-state index contributed by atoms with van der Waals surface area (Å²) in [6, 6.07) is 4.87. The number of nitro benzene ring substituents is 1. The number of nitrogens with zero attached hydrogens (tertiary/aromatic N) is 1. The van der Waals surface area contributed by atoms with E-state index in [0.29, 0.717) is 6.54 Å². The number of non-ortho nitro benzene ring substituents is 1. The number of rotatable bonds is 5. The van der Waals surface area contributed by atoms with Crippen LogP contribution in [0.3, 0.4) is 0 Å². The molecule has 0 saturated heterocycles. The largest absolute Gasteiger partial charge is 0.490 e. The predicted molar refractivity (Wildman–Crippen MR) is 82.6 cm³/mol. The predicted octanol–water partition coefficient (Wildman–Crippen LogP) is 3.80. The molecule has 0 unspecified atom stereocenters. The second kappa shape index (κ2) is 6.43. The molecule has 0 aliphatic heterocycles. The lowest BCUT2D eigenvalue weighted by atomic mass is 10.1. The average Bonchev–Trinajstić information content (AvgIpc) is 2.89. The molecule has 1 aliphatic carbocycles. The first-order chi connectivity index (χ1) is 9.85. The van der Waals surface area contributed by atoms with Gasteiger partial charge in [0.25, 0.3) is 5.69 Å². The van der Waals surface area contributed by atoms with Gasteiger partial charge in [-0.3, -0.25) is 10.1 Å². The van der Waals surface area contributed by atoms with Crippen molar-refractivity contribution in [2.24, 2.45) is 0 Å². The quantitative estimate of drug-likeness (QED) is 0.662. The zero-order valence-corrected chi connectivity index (χ0v) is 13.0. The summed E-state index contributed by atoms with van der Waals surface area (Å²) in [5.74, 6) is 0.768. The van der Waals surface area contributed by atoms with Crippen molar-refractivity contribution in [1.82, 2.24) is 5.32 Å². The van der Waals surface area contributed by atoms with Gasteiger partial charge in [-0.2, -0.15) is 0 Å². The Kier molecular flexibility index (Phi) is 4.83. The van der Waals surface area contributed by atoms with Crippen LogP contribution >= 0.6 is 0 Å². The van der Waals surface area contributed by atoms with Gasteiger partial charge in [0.05, 0.1) is 11.0 Å². The van der Waals surface area contributed by atoms with Crippen molar-refractivity contribution in [3.63, 3.8) is 0 Å². The maximum absolute atomic E-state index is 11.0. The van der Waals surface area contributed by atoms with Gasteiger partial charge in [-0.1, -0.05) is 0 Å². The zero-order chi connectivity index (χ0) is 15.5. The Morgan fingerprint density at radius 2 is 2.00 bits per heavy atom. The van der Waals surface area contributed by atoms with E-state index in [0.717, 1.165) is 24.2 Å². The van der Waals surface area contributed by atoms with Crippen molar-refractivity contribution < 1.29 is 9.66 Å². The number of nitro groups is 1. The Balaban J connectivity index is 2.18. The first-order valence-electron chi connectivity index (χ1n) is 7.54. The second-order valence-corrected chi connectivity index (χ2v) is 6.68. The Morgan fingerprint density at radius 1 is 1.33 bits per heavy atom. The van der Waals surface area contributed by atoms with E-state index in [9.17, 15) is 10.1 Å². The third-order valence-electron chi connectivity index (χ3n) is 3.66. The second-order valence-electron chi connectivity index (χ2n) is 6.68.